The minimum absolute atomic E-state index is 0.0484. The summed E-state index contributed by atoms with van der Waals surface area (Å²) in [4.78, 5) is 27.6. The second-order valence-corrected chi connectivity index (χ2v) is 7.43. The predicted molar refractivity (Wildman–Crippen MR) is 120 cm³/mol. The lowest BCUT2D eigenvalue weighted by Crippen LogP contribution is -2.29. The zero-order chi connectivity index (χ0) is 22.7. The van der Waals surface area contributed by atoms with E-state index in [1.165, 1.54) is 29.2 Å². The second-order valence-electron chi connectivity index (χ2n) is 7.43. The first-order valence-electron chi connectivity index (χ1n) is 10.4. The van der Waals surface area contributed by atoms with Crippen LogP contribution in [-0.4, -0.2) is 23.4 Å². The van der Waals surface area contributed by atoms with Crippen LogP contribution in [0.15, 0.2) is 84.4 Å². The Kier molecular flexibility index (Phi) is 6.03. The van der Waals surface area contributed by atoms with Crippen LogP contribution in [-0.2, 0) is 9.59 Å². The summed E-state index contributed by atoms with van der Waals surface area (Å²) >= 11 is 0. The van der Waals surface area contributed by atoms with Crippen LogP contribution < -0.4 is 9.64 Å². The molecule has 32 heavy (non-hydrogen) atoms. The van der Waals surface area contributed by atoms with E-state index in [2.05, 4.69) is 0 Å². The SMILES string of the molecule is CCCOc1cccc(N2C(=O)C(=O)/C(=C(/O)c3ccc(F)cc3)C2c2ccccc2)c1. The fraction of sp³-hybridized carbons (Fsp3) is 0.154. The van der Waals surface area contributed by atoms with E-state index in [-0.39, 0.29) is 16.9 Å². The molecular weight excluding hydrogens is 409 g/mol. The van der Waals surface area contributed by atoms with Crippen LogP contribution in [0.2, 0.25) is 0 Å². The van der Waals surface area contributed by atoms with Crippen molar-refractivity contribution in [1.29, 1.82) is 0 Å². The van der Waals surface area contributed by atoms with E-state index in [9.17, 15) is 19.1 Å². The number of ketones is 1. The molecule has 5 nitrogen and oxygen atoms in total. The number of carbonyl (C=O) groups excluding carboxylic acids is 2. The van der Waals surface area contributed by atoms with Crippen molar-refractivity contribution < 1.29 is 23.8 Å². The van der Waals surface area contributed by atoms with Gasteiger partial charge in [-0.1, -0.05) is 43.3 Å². The Morgan fingerprint density at radius 3 is 2.41 bits per heavy atom. The van der Waals surface area contributed by atoms with E-state index >= 15 is 0 Å². The van der Waals surface area contributed by atoms with Crippen molar-refractivity contribution in [2.24, 2.45) is 0 Å². The van der Waals surface area contributed by atoms with Gasteiger partial charge >= 0.3 is 0 Å². The van der Waals surface area contributed by atoms with Crippen LogP contribution in [0.5, 0.6) is 5.75 Å². The van der Waals surface area contributed by atoms with Gasteiger partial charge in [0, 0.05) is 17.3 Å². The number of hydrogen-bond acceptors (Lipinski definition) is 4. The summed E-state index contributed by atoms with van der Waals surface area (Å²) in [5.41, 5.74) is 1.35. The molecule has 1 amide bonds. The number of rotatable bonds is 6. The molecule has 1 N–H and O–H groups in total. The maximum Gasteiger partial charge on any atom is 0.300 e. The molecular formula is C26H22FNO4. The third kappa shape index (κ3) is 3.99. The van der Waals surface area contributed by atoms with Crippen molar-refractivity contribution in [3.05, 3.63) is 101 Å². The van der Waals surface area contributed by atoms with Crippen molar-refractivity contribution in [3.63, 3.8) is 0 Å². The molecule has 162 valence electrons. The molecule has 6 heteroatoms. The Hall–Kier alpha value is -3.93. The lowest BCUT2D eigenvalue weighted by atomic mass is 9.95. The molecule has 3 aromatic rings. The third-order valence-electron chi connectivity index (χ3n) is 5.25. The van der Waals surface area contributed by atoms with Crippen LogP contribution in [0.1, 0.15) is 30.5 Å². The van der Waals surface area contributed by atoms with Crippen molar-refractivity contribution in [3.8, 4) is 5.75 Å². The van der Waals surface area contributed by atoms with Crippen molar-refractivity contribution in [2.75, 3.05) is 11.5 Å². The number of ether oxygens (including phenoxy) is 1. The maximum atomic E-state index is 13.4. The first kappa shape index (κ1) is 21.3. The average molecular weight is 431 g/mol. The van der Waals surface area contributed by atoms with Crippen LogP contribution in [0.3, 0.4) is 0 Å². The molecule has 1 atom stereocenters. The predicted octanol–water partition coefficient (Wildman–Crippen LogP) is 5.24. The molecule has 1 aliphatic rings. The molecule has 0 radical (unpaired) electrons. The molecule has 0 saturated carbocycles. The molecule has 1 heterocycles. The molecule has 3 aromatic carbocycles. The number of nitrogens with zero attached hydrogens (tertiary/aromatic N) is 1. The van der Waals surface area contributed by atoms with Crippen molar-refractivity contribution >= 4 is 23.1 Å². The highest BCUT2D eigenvalue weighted by atomic mass is 19.1. The van der Waals surface area contributed by atoms with Gasteiger partial charge in [0.1, 0.15) is 17.3 Å². The van der Waals surface area contributed by atoms with Gasteiger partial charge in [-0.05, 0) is 48.4 Å². The van der Waals surface area contributed by atoms with E-state index < -0.39 is 23.5 Å². The molecule has 0 aromatic heterocycles. The Balaban J connectivity index is 1.87. The molecule has 0 spiro atoms. The fourth-order valence-corrected chi connectivity index (χ4v) is 3.76. The number of aliphatic hydroxyl groups excluding tert-OH is 1. The highest BCUT2D eigenvalue weighted by molar-refractivity contribution is 6.51. The average Bonchev–Trinajstić information content (AvgIpc) is 3.09. The van der Waals surface area contributed by atoms with Gasteiger partial charge in [-0.3, -0.25) is 14.5 Å². The Morgan fingerprint density at radius 1 is 1.00 bits per heavy atom. The largest absolute Gasteiger partial charge is 0.507 e. The van der Waals surface area contributed by atoms with Crippen LogP contribution in [0.25, 0.3) is 5.76 Å². The fourth-order valence-electron chi connectivity index (χ4n) is 3.76. The van der Waals surface area contributed by atoms with Gasteiger partial charge in [-0.15, -0.1) is 0 Å². The minimum Gasteiger partial charge on any atom is -0.507 e. The van der Waals surface area contributed by atoms with Crippen LogP contribution in [0.4, 0.5) is 10.1 Å². The number of aliphatic hydroxyl groups is 1. The van der Waals surface area contributed by atoms with Gasteiger partial charge in [0.25, 0.3) is 11.7 Å². The number of carbonyl (C=O) groups is 2. The Bertz CT molecular complexity index is 1170. The number of hydrogen-bond donors (Lipinski definition) is 1. The third-order valence-corrected chi connectivity index (χ3v) is 5.25. The van der Waals surface area contributed by atoms with Crippen LogP contribution in [0, 0.1) is 5.82 Å². The van der Waals surface area contributed by atoms with E-state index in [1.807, 2.05) is 13.0 Å². The van der Waals surface area contributed by atoms with Gasteiger partial charge in [-0.25, -0.2) is 4.39 Å². The Labute approximate surface area is 185 Å². The molecule has 4 rings (SSSR count). The standard InChI is InChI=1S/C26H22FNO4/c1-2-15-32-21-10-6-9-20(16-21)28-23(17-7-4-3-5-8-17)22(25(30)26(28)31)24(29)18-11-13-19(27)14-12-18/h3-14,16,23,29H,2,15H2,1H3/b24-22+. The monoisotopic (exact) mass is 431 g/mol. The first-order valence-corrected chi connectivity index (χ1v) is 10.4. The lowest BCUT2D eigenvalue weighted by Gasteiger charge is -2.25. The number of halogens is 1. The molecule has 1 fully saturated rings. The quantitative estimate of drug-likeness (QED) is 0.329. The summed E-state index contributed by atoms with van der Waals surface area (Å²) in [6.45, 7) is 2.52. The summed E-state index contributed by atoms with van der Waals surface area (Å²) in [6.07, 6.45) is 0.830. The molecule has 0 aliphatic carbocycles. The topological polar surface area (TPSA) is 66.8 Å². The van der Waals surface area contributed by atoms with Gasteiger partial charge < -0.3 is 9.84 Å². The van der Waals surface area contributed by atoms with Gasteiger partial charge in [0.05, 0.1) is 18.2 Å². The molecule has 1 unspecified atom stereocenters. The number of benzene rings is 3. The smallest absolute Gasteiger partial charge is 0.300 e. The summed E-state index contributed by atoms with van der Waals surface area (Å²) in [6, 6.07) is 20.3. The summed E-state index contributed by atoms with van der Waals surface area (Å²) in [7, 11) is 0. The molecule has 1 saturated heterocycles. The normalized spacial score (nSPS) is 17.6. The second kappa shape index (κ2) is 9.06. The van der Waals surface area contributed by atoms with Crippen LogP contribution >= 0.6 is 0 Å². The number of Topliss-reactive ketones (excluding diaryl/α,β-unsaturated/α-hetero) is 1. The van der Waals surface area contributed by atoms with Gasteiger partial charge in [-0.2, -0.15) is 0 Å². The molecule has 1 aliphatic heterocycles. The minimum atomic E-state index is -0.845. The maximum absolute atomic E-state index is 13.4. The highest BCUT2D eigenvalue weighted by Crippen LogP contribution is 2.42. The highest BCUT2D eigenvalue weighted by Gasteiger charge is 2.47. The van der Waals surface area contributed by atoms with E-state index in [0.29, 0.717) is 23.6 Å². The summed E-state index contributed by atoms with van der Waals surface area (Å²) in [5, 5.41) is 11.0. The lowest BCUT2D eigenvalue weighted by molar-refractivity contribution is -0.132. The van der Waals surface area contributed by atoms with Crippen molar-refractivity contribution in [2.45, 2.75) is 19.4 Å². The summed E-state index contributed by atoms with van der Waals surface area (Å²) < 4.78 is 19.1. The van der Waals surface area contributed by atoms with E-state index in [0.717, 1.165) is 6.42 Å². The molecule has 0 bridgehead atoms. The van der Waals surface area contributed by atoms with Gasteiger partial charge in [0.2, 0.25) is 0 Å². The number of anilines is 1. The van der Waals surface area contributed by atoms with Crippen molar-refractivity contribution in [1.82, 2.24) is 0 Å². The zero-order valence-corrected chi connectivity index (χ0v) is 17.5. The summed E-state index contributed by atoms with van der Waals surface area (Å²) in [5.74, 6) is -1.80. The first-order chi connectivity index (χ1) is 15.5. The van der Waals surface area contributed by atoms with E-state index in [4.69, 9.17) is 4.74 Å². The number of amides is 1. The Morgan fingerprint density at radius 2 is 1.72 bits per heavy atom. The van der Waals surface area contributed by atoms with E-state index in [1.54, 1.807) is 48.5 Å². The van der Waals surface area contributed by atoms with Gasteiger partial charge in [0.15, 0.2) is 0 Å². The zero-order valence-electron chi connectivity index (χ0n) is 17.5.